The van der Waals surface area contributed by atoms with Gasteiger partial charge in [0.25, 0.3) is 0 Å². The molecule has 1 rings (SSSR count). The third-order valence-corrected chi connectivity index (χ3v) is 2.97. The summed E-state index contributed by atoms with van der Waals surface area (Å²) in [7, 11) is 0. The summed E-state index contributed by atoms with van der Waals surface area (Å²) in [5.41, 5.74) is 0.636. The van der Waals surface area contributed by atoms with E-state index in [0.29, 0.717) is 15.6 Å². The largest absolute Gasteiger partial charge is 0.481 e. The fourth-order valence-electron chi connectivity index (χ4n) is 1.02. The molecule has 0 spiro atoms. The van der Waals surface area contributed by atoms with E-state index in [4.69, 9.17) is 22.0 Å². The van der Waals surface area contributed by atoms with Crippen molar-refractivity contribution in [3.8, 4) is 6.07 Å². The Bertz CT molecular complexity index is 426. The fraction of sp³-hybridized carbons (Fsp3) is 0.111. The number of nitrogens with zero attached hydrogens (tertiary/aromatic N) is 1. The third-order valence-electron chi connectivity index (χ3n) is 1.64. The summed E-state index contributed by atoms with van der Waals surface area (Å²) >= 11 is 9.02. The van der Waals surface area contributed by atoms with Gasteiger partial charge < -0.3 is 5.11 Å². The van der Waals surface area contributed by atoms with E-state index >= 15 is 0 Å². The molecular formula is C9H5BrClNO2. The average molecular weight is 275 g/mol. The van der Waals surface area contributed by atoms with Crippen molar-refractivity contribution < 1.29 is 9.90 Å². The molecular weight excluding hydrogens is 269 g/mol. The summed E-state index contributed by atoms with van der Waals surface area (Å²) in [4.78, 5) is 10.5. The van der Waals surface area contributed by atoms with Crippen molar-refractivity contribution in [3.05, 3.63) is 32.8 Å². The molecule has 0 aliphatic rings. The zero-order chi connectivity index (χ0) is 10.7. The van der Waals surface area contributed by atoms with Crippen molar-refractivity contribution in [1.82, 2.24) is 0 Å². The summed E-state index contributed by atoms with van der Waals surface area (Å²) in [6.07, 6.45) is -0.249. The number of hydrogen-bond acceptors (Lipinski definition) is 2. The minimum atomic E-state index is -1.01. The number of benzene rings is 1. The van der Waals surface area contributed by atoms with Gasteiger partial charge in [-0.2, -0.15) is 5.26 Å². The Morgan fingerprint density at radius 2 is 2.29 bits per heavy atom. The number of aliphatic carboxylic acids is 1. The smallest absolute Gasteiger partial charge is 0.307 e. The van der Waals surface area contributed by atoms with Gasteiger partial charge in [0.15, 0.2) is 0 Å². The number of nitriles is 1. The monoisotopic (exact) mass is 273 g/mol. The maximum atomic E-state index is 10.5. The summed E-state index contributed by atoms with van der Waals surface area (Å²) in [5.74, 6) is -1.01. The van der Waals surface area contributed by atoms with E-state index in [1.807, 2.05) is 6.07 Å². The summed E-state index contributed by atoms with van der Waals surface area (Å²) in [6.45, 7) is 0. The van der Waals surface area contributed by atoms with Crippen LogP contribution in [0.2, 0.25) is 5.02 Å². The molecule has 0 saturated heterocycles. The zero-order valence-electron chi connectivity index (χ0n) is 6.92. The molecule has 0 aromatic heterocycles. The molecule has 1 N–H and O–H groups in total. The normalized spacial score (nSPS) is 9.50. The van der Waals surface area contributed by atoms with Crippen molar-refractivity contribution in [3.63, 3.8) is 0 Å². The maximum absolute atomic E-state index is 10.5. The van der Waals surface area contributed by atoms with Gasteiger partial charge >= 0.3 is 5.97 Å². The summed E-state index contributed by atoms with van der Waals surface area (Å²) in [6, 6.07) is 5.05. The number of hydrogen-bond donors (Lipinski definition) is 1. The van der Waals surface area contributed by atoms with E-state index in [2.05, 4.69) is 15.9 Å². The van der Waals surface area contributed by atoms with Gasteiger partial charge in [-0.3, -0.25) is 4.79 Å². The molecule has 1 aromatic rings. The number of halogens is 2. The van der Waals surface area contributed by atoms with Gasteiger partial charge in [0.2, 0.25) is 0 Å². The number of carbonyl (C=O) groups is 1. The predicted molar refractivity (Wildman–Crippen MR) is 55.2 cm³/mol. The van der Waals surface area contributed by atoms with Crippen LogP contribution in [-0.2, 0) is 11.2 Å². The quantitative estimate of drug-likeness (QED) is 0.901. The molecule has 0 aliphatic heterocycles. The van der Waals surface area contributed by atoms with Gasteiger partial charge in [-0.15, -0.1) is 0 Å². The molecule has 0 saturated carbocycles. The van der Waals surface area contributed by atoms with Crippen LogP contribution in [-0.4, -0.2) is 11.1 Å². The lowest BCUT2D eigenvalue weighted by Gasteiger charge is -2.05. The van der Waals surface area contributed by atoms with Crippen molar-refractivity contribution in [1.29, 1.82) is 5.26 Å². The molecule has 0 amide bonds. The lowest BCUT2D eigenvalue weighted by atomic mass is 10.1. The molecule has 5 heteroatoms. The molecule has 0 bridgehead atoms. The molecule has 0 heterocycles. The van der Waals surface area contributed by atoms with E-state index in [-0.39, 0.29) is 11.4 Å². The Morgan fingerprint density at radius 1 is 1.64 bits per heavy atom. The standard InChI is InChI=1S/C9H5BrClNO2/c10-7-2-1-5(4-12)6(9(7)11)3-8(13)14/h1-2H,3H2,(H,13,14). The molecule has 0 atom stereocenters. The third kappa shape index (κ3) is 2.25. The highest BCUT2D eigenvalue weighted by Crippen LogP contribution is 2.29. The van der Waals surface area contributed by atoms with E-state index in [1.54, 1.807) is 6.07 Å². The van der Waals surface area contributed by atoms with Crippen LogP contribution < -0.4 is 0 Å². The zero-order valence-corrected chi connectivity index (χ0v) is 9.26. The Balaban J connectivity index is 3.29. The van der Waals surface area contributed by atoms with Crippen molar-refractivity contribution in [2.24, 2.45) is 0 Å². The van der Waals surface area contributed by atoms with Gasteiger partial charge in [-0.25, -0.2) is 0 Å². The molecule has 0 aliphatic carbocycles. The van der Waals surface area contributed by atoms with Crippen LogP contribution in [0.1, 0.15) is 11.1 Å². The Morgan fingerprint density at radius 3 is 2.79 bits per heavy atom. The summed E-state index contributed by atoms with van der Waals surface area (Å²) in [5, 5.41) is 17.6. The molecule has 3 nitrogen and oxygen atoms in total. The van der Waals surface area contributed by atoms with Crippen LogP contribution >= 0.6 is 27.5 Å². The Labute approximate surface area is 94.0 Å². The Kier molecular flexibility index (Phi) is 3.50. The van der Waals surface area contributed by atoms with Gasteiger partial charge in [0.1, 0.15) is 0 Å². The molecule has 0 radical (unpaired) electrons. The molecule has 14 heavy (non-hydrogen) atoms. The van der Waals surface area contributed by atoms with Crippen LogP contribution in [0.3, 0.4) is 0 Å². The second kappa shape index (κ2) is 4.45. The fourth-order valence-corrected chi connectivity index (χ4v) is 1.62. The van der Waals surface area contributed by atoms with E-state index in [0.717, 1.165) is 0 Å². The predicted octanol–water partition coefficient (Wildman–Crippen LogP) is 2.60. The van der Waals surface area contributed by atoms with E-state index < -0.39 is 5.97 Å². The second-order valence-electron chi connectivity index (χ2n) is 2.57. The van der Waals surface area contributed by atoms with Gasteiger partial charge in [-0.05, 0) is 28.1 Å². The minimum absolute atomic E-state index is 0.249. The first-order valence-corrected chi connectivity index (χ1v) is 4.82. The van der Waals surface area contributed by atoms with Crippen molar-refractivity contribution in [2.45, 2.75) is 6.42 Å². The van der Waals surface area contributed by atoms with Crippen LogP contribution in [0, 0.1) is 11.3 Å². The van der Waals surface area contributed by atoms with Crippen molar-refractivity contribution >= 4 is 33.5 Å². The summed E-state index contributed by atoms with van der Waals surface area (Å²) < 4.78 is 0.592. The average Bonchev–Trinajstić information content (AvgIpc) is 2.13. The van der Waals surface area contributed by atoms with Crippen molar-refractivity contribution in [2.75, 3.05) is 0 Å². The molecule has 72 valence electrons. The number of carboxylic acid groups (broad SMARTS) is 1. The maximum Gasteiger partial charge on any atom is 0.307 e. The minimum Gasteiger partial charge on any atom is -0.481 e. The highest BCUT2D eigenvalue weighted by molar-refractivity contribution is 9.10. The second-order valence-corrected chi connectivity index (χ2v) is 3.80. The van der Waals surface area contributed by atoms with E-state index in [9.17, 15) is 4.79 Å². The highest BCUT2D eigenvalue weighted by atomic mass is 79.9. The van der Waals surface area contributed by atoms with Crippen LogP contribution in [0.4, 0.5) is 0 Å². The van der Waals surface area contributed by atoms with Crippen LogP contribution in [0.15, 0.2) is 16.6 Å². The van der Waals surface area contributed by atoms with Crippen LogP contribution in [0.25, 0.3) is 0 Å². The van der Waals surface area contributed by atoms with Gasteiger partial charge in [-0.1, -0.05) is 11.6 Å². The van der Waals surface area contributed by atoms with Gasteiger partial charge in [0.05, 0.1) is 23.1 Å². The van der Waals surface area contributed by atoms with E-state index in [1.165, 1.54) is 6.07 Å². The van der Waals surface area contributed by atoms with Gasteiger partial charge in [0, 0.05) is 10.0 Å². The lowest BCUT2D eigenvalue weighted by Crippen LogP contribution is -2.03. The molecule has 0 fully saturated rings. The molecule has 0 unspecified atom stereocenters. The SMILES string of the molecule is N#Cc1ccc(Br)c(Cl)c1CC(=O)O. The highest BCUT2D eigenvalue weighted by Gasteiger charge is 2.13. The topological polar surface area (TPSA) is 61.1 Å². The lowest BCUT2D eigenvalue weighted by molar-refractivity contribution is -0.136. The first-order valence-electron chi connectivity index (χ1n) is 3.65. The Hall–Kier alpha value is -1.05. The number of carboxylic acids is 1. The first-order chi connectivity index (χ1) is 6.56. The molecule has 1 aromatic carbocycles. The van der Waals surface area contributed by atoms with Crippen LogP contribution in [0.5, 0.6) is 0 Å². The number of rotatable bonds is 2. The first kappa shape index (κ1) is 11.0.